The first-order chi connectivity index (χ1) is 4.63. The maximum Gasteiger partial charge on any atom is 0.0474 e. The van der Waals surface area contributed by atoms with Crippen molar-refractivity contribution in [2.45, 2.75) is 0 Å². The Hall–Kier alpha value is -0.610. The number of hydrogen-bond acceptors (Lipinski definition) is 4. The summed E-state index contributed by atoms with van der Waals surface area (Å²) >= 11 is 0. The summed E-state index contributed by atoms with van der Waals surface area (Å²) in [5.41, 5.74) is 3.06. The number of hydrazone groups is 1. The van der Waals surface area contributed by atoms with Crippen LogP contribution in [0.5, 0.6) is 0 Å². The van der Waals surface area contributed by atoms with Crippen LogP contribution in [0.1, 0.15) is 0 Å². The molecule has 0 fully saturated rings. The number of hydrazine groups is 1. The van der Waals surface area contributed by atoms with Crippen LogP contribution in [-0.2, 0) is 0 Å². The van der Waals surface area contributed by atoms with Gasteiger partial charge in [-0.2, -0.15) is 5.10 Å². The molecule has 0 aliphatic carbocycles. The third-order valence-corrected chi connectivity index (χ3v) is 0.811. The molecule has 0 amide bonds. The van der Waals surface area contributed by atoms with Crippen LogP contribution in [0.2, 0.25) is 0 Å². The van der Waals surface area contributed by atoms with Crippen molar-refractivity contribution >= 4 is 6.21 Å². The Morgan fingerprint density at radius 2 is 1.90 bits per heavy atom. The molecule has 0 aromatic heterocycles. The Bertz CT molecular complexity index is 97.9. The van der Waals surface area contributed by atoms with Gasteiger partial charge in [0.1, 0.15) is 0 Å². The molecular formula is C6H16N4. The van der Waals surface area contributed by atoms with Crippen molar-refractivity contribution in [3.8, 4) is 0 Å². The molecule has 0 spiro atoms. The molecule has 0 aliphatic rings. The van der Waals surface area contributed by atoms with E-state index < -0.39 is 0 Å². The lowest BCUT2D eigenvalue weighted by atomic mass is 10.7. The standard InChI is InChI=1S/C6H16N4/c1-9(2)7-5-6-8-10(3)4/h5,8H,6H2,1-4H3/b7-5+. The normalized spacial score (nSPS) is 11.3. The van der Waals surface area contributed by atoms with Gasteiger partial charge in [0.2, 0.25) is 0 Å². The SMILES string of the molecule is CN(C)/N=C/CNN(C)C. The minimum absolute atomic E-state index is 0.769. The molecule has 4 nitrogen and oxygen atoms in total. The smallest absolute Gasteiger partial charge is 0.0474 e. The van der Waals surface area contributed by atoms with Crippen molar-refractivity contribution in [1.29, 1.82) is 0 Å². The second kappa shape index (κ2) is 5.20. The summed E-state index contributed by atoms with van der Waals surface area (Å²) < 4.78 is 0. The molecule has 0 rings (SSSR count). The Kier molecular flexibility index (Phi) is 4.88. The van der Waals surface area contributed by atoms with Gasteiger partial charge in [-0.3, -0.25) is 10.4 Å². The highest BCUT2D eigenvalue weighted by Crippen LogP contribution is 1.69. The number of rotatable bonds is 4. The van der Waals surface area contributed by atoms with E-state index in [-0.39, 0.29) is 0 Å². The van der Waals surface area contributed by atoms with E-state index in [9.17, 15) is 0 Å². The topological polar surface area (TPSA) is 30.9 Å². The highest BCUT2D eigenvalue weighted by atomic mass is 15.5. The van der Waals surface area contributed by atoms with E-state index in [1.54, 1.807) is 5.01 Å². The second-order valence-electron chi connectivity index (χ2n) is 2.40. The fourth-order valence-electron chi connectivity index (χ4n) is 0.428. The summed E-state index contributed by atoms with van der Waals surface area (Å²) in [6, 6.07) is 0. The van der Waals surface area contributed by atoms with Gasteiger partial charge in [-0.1, -0.05) is 0 Å². The Morgan fingerprint density at radius 1 is 1.30 bits per heavy atom. The van der Waals surface area contributed by atoms with Gasteiger partial charge in [0, 0.05) is 41.0 Å². The minimum atomic E-state index is 0.769. The molecular weight excluding hydrogens is 128 g/mol. The molecule has 0 aromatic carbocycles. The highest BCUT2D eigenvalue weighted by molar-refractivity contribution is 5.58. The van der Waals surface area contributed by atoms with Crippen LogP contribution in [0.25, 0.3) is 0 Å². The van der Waals surface area contributed by atoms with Gasteiger partial charge in [-0.25, -0.2) is 0 Å². The molecule has 0 heterocycles. The van der Waals surface area contributed by atoms with E-state index in [0.717, 1.165) is 6.54 Å². The van der Waals surface area contributed by atoms with Crippen molar-refractivity contribution in [2.24, 2.45) is 5.10 Å². The lowest BCUT2D eigenvalue weighted by molar-refractivity contribution is 0.311. The third kappa shape index (κ3) is 7.39. The second-order valence-corrected chi connectivity index (χ2v) is 2.40. The first-order valence-corrected chi connectivity index (χ1v) is 3.23. The summed E-state index contributed by atoms with van der Waals surface area (Å²) in [6.07, 6.45) is 1.82. The molecule has 0 aliphatic heterocycles. The minimum Gasteiger partial charge on any atom is -0.303 e. The van der Waals surface area contributed by atoms with Crippen LogP contribution >= 0.6 is 0 Å². The number of hydrogen-bond donors (Lipinski definition) is 1. The Balaban J connectivity index is 3.19. The van der Waals surface area contributed by atoms with E-state index in [2.05, 4.69) is 10.5 Å². The third-order valence-electron chi connectivity index (χ3n) is 0.811. The fourth-order valence-corrected chi connectivity index (χ4v) is 0.428. The van der Waals surface area contributed by atoms with Crippen LogP contribution < -0.4 is 5.43 Å². The first kappa shape index (κ1) is 9.39. The molecule has 4 heteroatoms. The zero-order valence-corrected chi connectivity index (χ0v) is 7.13. The van der Waals surface area contributed by atoms with Gasteiger partial charge >= 0.3 is 0 Å². The summed E-state index contributed by atoms with van der Waals surface area (Å²) in [7, 11) is 7.69. The fraction of sp³-hybridized carbons (Fsp3) is 0.833. The lowest BCUT2D eigenvalue weighted by Crippen LogP contribution is -2.31. The molecule has 0 saturated carbocycles. The van der Waals surface area contributed by atoms with Crippen molar-refractivity contribution < 1.29 is 0 Å². The summed E-state index contributed by atoms with van der Waals surface area (Å²) in [6.45, 7) is 0.769. The molecule has 0 bridgehead atoms. The van der Waals surface area contributed by atoms with Gasteiger partial charge in [0.15, 0.2) is 0 Å². The Morgan fingerprint density at radius 3 is 2.30 bits per heavy atom. The van der Waals surface area contributed by atoms with Crippen LogP contribution in [-0.4, -0.2) is 51.0 Å². The monoisotopic (exact) mass is 144 g/mol. The van der Waals surface area contributed by atoms with E-state index in [0.29, 0.717) is 0 Å². The van der Waals surface area contributed by atoms with Crippen molar-refractivity contribution in [3.05, 3.63) is 0 Å². The molecule has 0 saturated heterocycles. The average molecular weight is 144 g/mol. The van der Waals surface area contributed by atoms with Crippen molar-refractivity contribution in [1.82, 2.24) is 15.4 Å². The number of nitrogens with one attached hydrogen (secondary N) is 1. The molecule has 0 radical (unpaired) electrons. The van der Waals surface area contributed by atoms with Crippen molar-refractivity contribution in [2.75, 3.05) is 34.7 Å². The first-order valence-electron chi connectivity index (χ1n) is 3.23. The molecule has 0 aromatic rings. The van der Waals surface area contributed by atoms with E-state index in [1.165, 1.54) is 0 Å². The lowest BCUT2D eigenvalue weighted by Gasteiger charge is -2.09. The van der Waals surface area contributed by atoms with E-state index in [4.69, 9.17) is 0 Å². The Labute approximate surface area is 62.5 Å². The van der Waals surface area contributed by atoms with Crippen LogP contribution in [0.15, 0.2) is 5.10 Å². The van der Waals surface area contributed by atoms with Gasteiger partial charge in [-0.15, -0.1) is 0 Å². The molecule has 60 valence electrons. The molecule has 0 atom stereocenters. The maximum atomic E-state index is 4.02. The summed E-state index contributed by atoms with van der Waals surface area (Å²) in [4.78, 5) is 0. The van der Waals surface area contributed by atoms with Gasteiger partial charge < -0.3 is 5.01 Å². The van der Waals surface area contributed by atoms with Crippen molar-refractivity contribution in [3.63, 3.8) is 0 Å². The molecule has 0 unspecified atom stereocenters. The van der Waals surface area contributed by atoms with Gasteiger partial charge in [-0.05, 0) is 0 Å². The van der Waals surface area contributed by atoms with E-state index >= 15 is 0 Å². The van der Waals surface area contributed by atoms with Crippen LogP contribution in [0.4, 0.5) is 0 Å². The van der Waals surface area contributed by atoms with Gasteiger partial charge in [0.05, 0.1) is 0 Å². The summed E-state index contributed by atoms with van der Waals surface area (Å²) in [5, 5.41) is 7.67. The number of nitrogens with zero attached hydrogens (tertiary/aromatic N) is 3. The zero-order valence-electron chi connectivity index (χ0n) is 7.13. The molecule has 1 N–H and O–H groups in total. The van der Waals surface area contributed by atoms with Crippen LogP contribution in [0, 0.1) is 0 Å². The predicted octanol–water partition coefficient (Wildman–Crippen LogP) is -0.400. The van der Waals surface area contributed by atoms with Crippen LogP contribution in [0.3, 0.4) is 0 Å². The zero-order chi connectivity index (χ0) is 7.98. The predicted molar refractivity (Wildman–Crippen MR) is 43.9 cm³/mol. The van der Waals surface area contributed by atoms with Gasteiger partial charge in [0.25, 0.3) is 0 Å². The largest absolute Gasteiger partial charge is 0.303 e. The average Bonchev–Trinajstić information content (AvgIpc) is 1.79. The molecule has 10 heavy (non-hydrogen) atoms. The summed E-state index contributed by atoms with van der Waals surface area (Å²) in [5.74, 6) is 0. The van der Waals surface area contributed by atoms with E-state index in [1.807, 2.05) is 39.4 Å². The quantitative estimate of drug-likeness (QED) is 0.430. The highest BCUT2D eigenvalue weighted by Gasteiger charge is 1.82. The maximum absolute atomic E-state index is 4.02.